The second-order valence-electron chi connectivity index (χ2n) is 14.8. The van der Waals surface area contributed by atoms with Gasteiger partial charge in [0.2, 0.25) is 0 Å². The van der Waals surface area contributed by atoms with Gasteiger partial charge in [0, 0.05) is 26.8 Å². The first kappa shape index (κ1) is 33.3. The molecule has 268 valence electrons. The molecule has 1 aromatic heterocycles. The number of nitrogens with zero attached hydrogens (tertiary/aromatic N) is 1. The minimum atomic E-state index is -0.416. The van der Waals surface area contributed by atoms with Crippen molar-refractivity contribution in [2.24, 2.45) is 0 Å². The second kappa shape index (κ2) is 13.6. The van der Waals surface area contributed by atoms with Crippen LogP contribution in [0.2, 0.25) is 0 Å². The summed E-state index contributed by atoms with van der Waals surface area (Å²) in [5.74, 6) is 0. The van der Waals surface area contributed by atoms with E-state index in [1.807, 2.05) is 11.3 Å². The summed E-state index contributed by atoms with van der Waals surface area (Å²) < 4.78 is 2.58. The normalized spacial score (nSPS) is 12.7. The van der Waals surface area contributed by atoms with Crippen LogP contribution < -0.4 is 4.90 Å². The van der Waals surface area contributed by atoms with E-state index in [-0.39, 0.29) is 0 Å². The lowest BCUT2D eigenvalue weighted by Crippen LogP contribution is -2.28. The molecule has 10 aromatic rings. The Balaban J connectivity index is 1.08. The van der Waals surface area contributed by atoms with Crippen molar-refractivity contribution in [3.8, 4) is 33.4 Å². The molecule has 9 aromatic carbocycles. The Morgan fingerprint density at radius 2 is 0.912 bits per heavy atom. The Kier molecular flexibility index (Phi) is 7.98. The molecule has 2 heteroatoms. The van der Waals surface area contributed by atoms with Crippen molar-refractivity contribution >= 4 is 48.6 Å². The van der Waals surface area contributed by atoms with Crippen LogP contribution in [0, 0.1) is 0 Å². The maximum Gasteiger partial charge on any atom is 0.0713 e. The van der Waals surface area contributed by atoms with Crippen molar-refractivity contribution in [2.75, 3.05) is 4.90 Å². The number of rotatable bonds is 7. The van der Waals surface area contributed by atoms with Crippen molar-refractivity contribution < 1.29 is 0 Å². The van der Waals surface area contributed by atoms with Gasteiger partial charge in [-0.2, -0.15) is 0 Å². The van der Waals surface area contributed by atoms with Crippen LogP contribution in [0.15, 0.2) is 224 Å². The van der Waals surface area contributed by atoms with Gasteiger partial charge in [-0.15, -0.1) is 11.3 Å². The largest absolute Gasteiger partial charge is 0.309 e. The summed E-state index contributed by atoms with van der Waals surface area (Å²) in [6, 6.07) is 82.4. The molecule has 0 fully saturated rings. The number of thiophene rings is 1. The highest BCUT2D eigenvalue weighted by molar-refractivity contribution is 7.26. The smallest absolute Gasteiger partial charge is 0.0713 e. The molecular weight excluding hydrogens is 707 g/mol. The summed E-state index contributed by atoms with van der Waals surface area (Å²) in [5.41, 5.74) is 15.6. The van der Waals surface area contributed by atoms with E-state index in [2.05, 4.69) is 229 Å². The van der Waals surface area contributed by atoms with Gasteiger partial charge >= 0.3 is 0 Å². The molecule has 0 saturated carbocycles. The lowest BCUT2D eigenvalue weighted by Gasteiger charge is -2.33. The number of hydrogen-bond donors (Lipinski definition) is 0. The van der Waals surface area contributed by atoms with Crippen LogP contribution >= 0.6 is 11.3 Å². The van der Waals surface area contributed by atoms with Crippen LogP contribution in [0.25, 0.3) is 53.6 Å². The zero-order valence-electron chi connectivity index (χ0n) is 31.2. The molecule has 0 spiro atoms. The SMILES string of the molecule is c1ccc(-c2ccc(N(c3cccc(-c4ccc5c(c4)-c4ccccc4C5(c4ccccc4)c4ccccc4)c3)c3cccc4c3sc3ccccc34)cc2)cc1. The van der Waals surface area contributed by atoms with Gasteiger partial charge < -0.3 is 4.90 Å². The Hall–Kier alpha value is -7.00. The molecule has 57 heavy (non-hydrogen) atoms. The fourth-order valence-corrected chi connectivity index (χ4v) is 10.4. The molecule has 1 nitrogen and oxygen atoms in total. The van der Waals surface area contributed by atoms with E-state index in [0.29, 0.717) is 0 Å². The molecule has 1 aliphatic rings. The number of fused-ring (bicyclic) bond motifs is 6. The van der Waals surface area contributed by atoms with Gasteiger partial charge in [-0.25, -0.2) is 0 Å². The summed E-state index contributed by atoms with van der Waals surface area (Å²) in [6.45, 7) is 0. The third-order valence-corrected chi connectivity index (χ3v) is 13.0. The van der Waals surface area contributed by atoms with Gasteiger partial charge in [0.05, 0.1) is 15.8 Å². The number of benzene rings is 9. The van der Waals surface area contributed by atoms with Gasteiger partial charge in [-0.1, -0.05) is 182 Å². The summed E-state index contributed by atoms with van der Waals surface area (Å²) in [5, 5.41) is 2.58. The fraction of sp³-hybridized carbons (Fsp3) is 0.0182. The molecule has 0 atom stereocenters. The lowest BCUT2D eigenvalue weighted by molar-refractivity contribution is 0.768. The predicted molar refractivity (Wildman–Crippen MR) is 242 cm³/mol. The van der Waals surface area contributed by atoms with Crippen molar-refractivity contribution in [1.29, 1.82) is 0 Å². The average molecular weight is 744 g/mol. The summed E-state index contributed by atoms with van der Waals surface area (Å²) in [6.07, 6.45) is 0. The Morgan fingerprint density at radius 3 is 1.68 bits per heavy atom. The van der Waals surface area contributed by atoms with E-state index < -0.39 is 5.41 Å². The zero-order valence-corrected chi connectivity index (χ0v) is 32.0. The highest BCUT2D eigenvalue weighted by Crippen LogP contribution is 2.57. The van der Waals surface area contributed by atoms with E-state index in [9.17, 15) is 0 Å². The van der Waals surface area contributed by atoms with Crippen LogP contribution in [0.4, 0.5) is 17.1 Å². The van der Waals surface area contributed by atoms with Crippen LogP contribution in [0.3, 0.4) is 0 Å². The maximum absolute atomic E-state index is 2.44. The minimum absolute atomic E-state index is 0.416. The minimum Gasteiger partial charge on any atom is -0.309 e. The van der Waals surface area contributed by atoms with Gasteiger partial charge in [0.25, 0.3) is 0 Å². The van der Waals surface area contributed by atoms with E-state index in [1.54, 1.807) is 0 Å². The predicted octanol–water partition coefficient (Wildman–Crippen LogP) is 15.2. The molecule has 1 heterocycles. The third-order valence-electron chi connectivity index (χ3n) is 11.8. The van der Waals surface area contributed by atoms with Gasteiger partial charge in [-0.3, -0.25) is 0 Å². The molecular formula is C55H37NS. The zero-order chi connectivity index (χ0) is 37.8. The maximum atomic E-state index is 2.44. The first-order chi connectivity index (χ1) is 28.3. The number of hydrogen-bond acceptors (Lipinski definition) is 2. The second-order valence-corrected chi connectivity index (χ2v) is 15.9. The van der Waals surface area contributed by atoms with Crippen LogP contribution in [-0.4, -0.2) is 0 Å². The molecule has 0 radical (unpaired) electrons. The molecule has 0 N–H and O–H groups in total. The Bertz CT molecular complexity index is 3020. The van der Waals surface area contributed by atoms with E-state index in [1.165, 1.54) is 81.5 Å². The van der Waals surface area contributed by atoms with E-state index in [0.717, 1.165) is 11.4 Å². The molecule has 0 aliphatic heterocycles. The first-order valence-electron chi connectivity index (χ1n) is 19.6. The lowest BCUT2D eigenvalue weighted by atomic mass is 9.67. The first-order valence-corrected chi connectivity index (χ1v) is 20.4. The van der Waals surface area contributed by atoms with Crippen LogP contribution in [0.5, 0.6) is 0 Å². The highest BCUT2D eigenvalue weighted by atomic mass is 32.1. The van der Waals surface area contributed by atoms with Crippen molar-refractivity contribution in [2.45, 2.75) is 5.41 Å². The van der Waals surface area contributed by atoms with Gasteiger partial charge in [0.15, 0.2) is 0 Å². The molecule has 1 aliphatic carbocycles. The van der Waals surface area contributed by atoms with Gasteiger partial charge in [0.1, 0.15) is 0 Å². The molecule has 0 amide bonds. The molecule has 0 unspecified atom stereocenters. The highest BCUT2D eigenvalue weighted by Gasteiger charge is 2.45. The fourth-order valence-electron chi connectivity index (χ4n) is 9.22. The van der Waals surface area contributed by atoms with Crippen molar-refractivity contribution in [1.82, 2.24) is 0 Å². The standard InChI is InChI=1S/C55H37NS/c1-4-16-38(17-5-1)39-30-33-44(34-31-39)56(52-28-15-26-48-47-25-11-13-29-53(47)57-54(48)52)45-23-14-18-40(36-45)41-32-35-51-49(37-41)46-24-10-12-27-50(46)55(51,42-19-6-2-7-20-42)43-21-8-3-9-22-43/h1-37H. The summed E-state index contributed by atoms with van der Waals surface area (Å²) >= 11 is 1.87. The number of anilines is 3. The molecule has 11 rings (SSSR count). The monoisotopic (exact) mass is 743 g/mol. The quantitative estimate of drug-likeness (QED) is 0.157. The van der Waals surface area contributed by atoms with Crippen LogP contribution in [-0.2, 0) is 5.41 Å². The molecule has 0 bridgehead atoms. The van der Waals surface area contributed by atoms with Gasteiger partial charge in [-0.05, 0) is 98.1 Å². The van der Waals surface area contributed by atoms with Crippen LogP contribution in [0.1, 0.15) is 22.3 Å². The summed E-state index contributed by atoms with van der Waals surface area (Å²) in [7, 11) is 0. The molecule has 0 saturated heterocycles. The van der Waals surface area contributed by atoms with Crippen molar-refractivity contribution in [3.63, 3.8) is 0 Å². The van der Waals surface area contributed by atoms with Crippen molar-refractivity contribution in [3.05, 3.63) is 247 Å². The van der Waals surface area contributed by atoms with E-state index >= 15 is 0 Å². The average Bonchev–Trinajstić information content (AvgIpc) is 3.82. The van der Waals surface area contributed by atoms with E-state index in [4.69, 9.17) is 0 Å². The Morgan fingerprint density at radius 1 is 0.351 bits per heavy atom. The third kappa shape index (κ3) is 5.37. The topological polar surface area (TPSA) is 3.24 Å². The Labute approximate surface area is 337 Å². The summed E-state index contributed by atoms with van der Waals surface area (Å²) in [4.78, 5) is 2.44.